The van der Waals surface area contributed by atoms with Gasteiger partial charge in [0.15, 0.2) is 0 Å². The van der Waals surface area contributed by atoms with E-state index in [1.807, 2.05) is 0 Å². The minimum absolute atomic E-state index is 0.0236. The predicted molar refractivity (Wildman–Crippen MR) is 84.6 cm³/mol. The number of halogens is 3. The molecule has 1 aromatic carbocycles. The summed E-state index contributed by atoms with van der Waals surface area (Å²) in [5.74, 6) is 0. The molecule has 2 rings (SSSR count). The van der Waals surface area contributed by atoms with E-state index < -0.39 is 15.4 Å². The highest BCUT2D eigenvalue weighted by atomic mass is 35.5. The maximum Gasteiger partial charge on any atom is 0.243 e. The van der Waals surface area contributed by atoms with Gasteiger partial charge in [0.25, 0.3) is 0 Å². The predicted octanol–water partition coefficient (Wildman–Crippen LogP) is 3.48. The third-order valence-corrected chi connectivity index (χ3v) is 6.41. The van der Waals surface area contributed by atoms with E-state index in [-0.39, 0.29) is 33.1 Å². The molecule has 0 saturated heterocycles. The largest absolute Gasteiger partial charge is 0.396 e. The van der Waals surface area contributed by atoms with Crippen LogP contribution >= 0.6 is 34.8 Å². The van der Waals surface area contributed by atoms with Crippen LogP contribution in [0.1, 0.15) is 25.7 Å². The molecule has 118 valence electrons. The number of aliphatic hydroxyl groups excluding tert-OH is 1. The lowest BCUT2D eigenvalue weighted by Crippen LogP contribution is -2.38. The van der Waals surface area contributed by atoms with Crippen LogP contribution in [-0.4, -0.2) is 26.7 Å². The SMILES string of the molecule is O=S(=O)(NCC1(CO)CCCC1)c1c(Cl)cc(Cl)cc1Cl. The van der Waals surface area contributed by atoms with Gasteiger partial charge in [-0.1, -0.05) is 47.6 Å². The first-order valence-electron chi connectivity index (χ1n) is 6.55. The summed E-state index contributed by atoms with van der Waals surface area (Å²) in [6.45, 7) is 0.124. The van der Waals surface area contributed by atoms with Crippen molar-refractivity contribution in [2.24, 2.45) is 5.41 Å². The van der Waals surface area contributed by atoms with Crippen molar-refractivity contribution < 1.29 is 13.5 Å². The number of rotatable bonds is 5. The number of hydrogen-bond acceptors (Lipinski definition) is 3. The molecule has 0 aliphatic heterocycles. The number of benzene rings is 1. The Morgan fingerprint density at radius 1 is 1.14 bits per heavy atom. The van der Waals surface area contributed by atoms with E-state index in [9.17, 15) is 13.5 Å². The Hall–Kier alpha value is -0.0400. The molecular formula is C13H16Cl3NO3S. The minimum Gasteiger partial charge on any atom is -0.396 e. The number of sulfonamides is 1. The summed E-state index contributed by atoms with van der Waals surface area (Å²) in [7, 11) is -3.86. The van der Waals surface area contributed by atoms with Crippen molar-refractivity contribution in [3.8, 4) is 0 Å². The number of hydrogen-bond donors (Lipinski definition) is 2. The molecule has 1 saturated carbocycles. The van der Waals surface area contributed by atoms with Crippen molar-refractivity contribution in [3.05, 3.63) is 27.2 Å². The highest BCUT2D eigenvalue weighted by Gasteiger charge is 2.35. The van der Waals surface area contributed by atoms with Crippen molar-refractivity contribution in [2.75, 3.05) is 13.2 Å². The fourth-order valence-corrected chi connectivity index (χ4v) is 5.32. The zero-order valence-electron chi connectivity index (χ0n) is 11.2. The molecule has 0 radical (unpaired) electrons. The van der Waals surface area contributed by atoms with E-state index in [0.29, 0.717) is 0 Å². The maximum absolute atomic E-state index is 12.4. The molecule has 1 aromatic rings. The van der Waals surface area contributed by atoms with Gasteiger partial charge in [-0.25, -0.2) is 13.1 Å². The summed E-state index contributed by atoms with van der Waals surface area (Å²) in [6.07, 6.45) is 3.58. The van der Waals surface area contributed by atoms with Crippen LogP contribution in [0, 0.1) is 5.41 Å². The smallest absolute Gasteiger partial charge is 0.243 e. The molecule has 4 nitrogen and oxygen atoms in total. The topological polar surface area (TPSA) is 66.4 Å². The highest BCUT2D eigenvalue weighted by Crippen LogP contribution is 2.38. The van der Waals surface area contributed by atoms with Crippen LogP contribution < -0.4 is 4.72 Å². The third-order valence-electron chi connectivity index (χ3n) is 3.87. The van der Waals surface area contributed by atoms with Crippen LogP contribution in [0.2, 0.25) is 15.1 Å². The summed E-state index contributed by atoms with van der Waals surface area (Å²) in [5.41, 5.74) is -0.390. The van der Waals surface area contributed by atoms with Gasteiger partial charge in [-0.3, -0.25) is 0 Å². The maximum atomic E-state index is 12.4. The van der Waals surface area contributed by atoms with Crippen molar-refractivity contribution in [1.29, 1.82) is 0 Å². The molecule has 0 unspecified atom stereocenters. The normalized spacial score (nSPS) is 18.1. The van der Waals surface area contributed by atoms with Gasteiger partial charge in [0.2, 0.25) is 10.0 Å². The Bertz CT molecular complexity index is 605. The summed E-state index contributed by atoms with van der Waals surface area (Å²) in [5, 5.41) is 9.75. The van der Waals surface area contributed by atoms with Crippen molar-refractivity contribution in [3.63, 3.8) is 0 Å². The average Bonchev–Trinajstić information content (AvgIpc) is 2.84. The van der Waals surface area contributed by atoms with Gasteiger partial charge in [0.1, 0.15) is 4.90 Å². The van der Waals surface area contributed by atoms with Crippen LogP contribution in [-0.2, 0) is 10.0 Å². The Balaban J connectivity index is 2.23. The zero-order chi connectivity index (χ0) is 15.7. The van der Waals surface area contributed by atoms with E-state index in [0.717, 1.165) is 25.7 Å². The second-order valence-corrected chi connectivity index (χ2v) is 8.34. The molecular weight excluding hydrogens is 357 g/mol. The number of aliphatic hydroxyl groups is 1. The molecule has 0 atom stereocenters. The second kappa shape index (κ2) is 6.60. The first-order valence-corrected chi connectivity index (χ1v) is 9.16. The summed E-state index contributed by atoms with van der Waals surface area (Å²) in [4.78, 5) is -0.179. The molecule has 21 heavy (non-hydrogen) atoms. The van der Waals surface area contributed by atoms with Gasteiger partial charge >= 0.3 is 0 Å². The minimum atomic E-state index is -3.86. The van der Waals surface area contributed by atoms with Gasteiger partial charge in [0.05, 0.1) is 10.0 Å². The van der Waals surface area contributed by atoms with Crippen LogP contribution in [0.25, 0.3) is 0 Å². The molecule has 0 heterocycles. The molecule has 8 heteroatoms. The lowest BCUT2D eigenvalue weighted by molar-refractivity contribution is 0.134. The first-order chi connectivity index (χ1) is 9.80. The third kappa shape index (κ3) is 3.84. The fraction of sp³-hybridized carbons (Fsp3) is 0.538. The Labute approximate surface area is 139 Å². The van der Waals surface area contributed by atoms with E-state index in [4.69, 9.17) is 34.8 Å². The van der Waals surface area contributed by atoms with E-state index in [2.05, 4.69) is 4.72 Å². The van der Waals surface area contributed by atoms with E-state index in [1.54, 1.807) is 0 Å². The lowest BCUT2D eigenvalue weighted by atomic mass is 9.88. The van der Waals surface area contributed by atoms with Crippen LogP contribution in [0.4, 0.5) is 0 Å². The highest BCUT2D eigenvalue weighted by molar-refractivity contribution is 7.89. The quantitative estimate of drug-likeness (QED) is 0.831. The summed E-state index contributed by atoms with van der Waals surface area (Å²) >= 11 is 17.7. The van der Waals surface area contributed by atoms with Gasteiger partial charge in [-0.05, 0) is 25.0 Å². The van der Waals surface area contributed by atoms with Gasteiger partial charge in [-0.15, -0.1) is 0 Å². The molecule has 0 spiro atoms. The van der Waals surface area contributed by atoms with Crippen LogP contribution in [0.5, 0.6) is 0 Å². The fourth-order valence-electron chi connectivity index (χ4n) is 2.62. The Morgan fingerprint density at radius 2 is 1.67 bits per heavy atom. The van der Waals surface area contributed by atoms with E-state index in [1.165, 1.54) is 12.1 Å². The second-order valence-electron chi connectivity index (χ2n) is 5.39. The summed E-state index contributed by atoms with van der Waals surface area (Å²) in [6, 6.07) is 2.67. The molecule has 1 fully saturated rings. The standard InChI is InChI=1S/C13H16Cl3NO3S/c14-9-5-10(15)12(11(16)6-9)21(19,20)17-7-13(8-18)3-1-2-4-13/h5-6,17-18H,1-4,7-8H2. The molecule has 2 N–H and O–H groups in total. The lowest BCUT2D eigenvalue weighted by Gasteiger charge is -2.26. The van der Waals surface area contributed by atoms with Crippen LogP contribution in [0.3, 0.4) is 0 Å². The van der Waals surface area contributed by atoms with Gasteiger partial charge < -0.3 is 5.11 Å². The van der Waals surface area contributed by atoms with E-state index >= 15 is 0 Å². The van der Waals surface area contributed by atoms with Gasteiger partial charge in [-0.2, -0.15) is 0 Å². The summed E-state index contributed by atoms with van der Waals surface area (Å²) < 4.78 is 27.3. The van der Waals surface area contributed by atoms with Crippen molar-refractivity contribution >= 4 is 44.8 Å². The van der Waals surface area contributed by atoms with Crippen LogP contribution in [0.15, 0.2) is 17.0 Å². The zero-order valence-corrected chi connectivity index (χ0v) is 14.3. The molecule has 1 aliphatic carbocycles. The molecule has 0 bridgehead atoms. The van der Waals surface area contributed by atoms with Crippen molar-refractivity contribution in [2.45, 2.75) is 30.6 Å². The molecule has 0 aromatic heterocycles. The molecule has 1 aliphatic rings. The average molecular weight is 373 g/mol. The Kier molecular flexibility index (Phi) is 5.45. The Morgan fingerprint density at radius 3 is 2.14 bits per heavy atom. The number of nitrogens with one attached hydrogen (secondary N) is 1. The first kappa shape index (κ1) is 17.3. The van der Waals surface area contributed by atoms with Gasteiger partial charge in [0, 0.05) is 23.6 Å². The monoisotopic (exact) mass is 371 g/mol. The molecule has 0 amide bonds. The van der Waals surface area contributed by atoms with Crippen molar-refractivity contribution in [1.82, 2.24) is 4.72 Å².